The van der Waals surface area contributed by atoms with Gasteiger partial charge in [0.1, 0.15) is 12.4 Å². The molecule has 6 nitrogen and oxygen atoms in total. The fourth-order valence-corrected chi connectivity index (χ4v) is 3.26. The SMILES string of the molecule is C[C@@H]1C[C@@H](C)n2nccc2N1C(=O)COC[C@@H]1CCCO1. The number of amides is 1. The van der Waals surface area contributed by atoms with Gasteiger partial charge in [-0.05, 0) is 33.1 Å². The van der Waals surface area contributed by atoms with Gasteiger partial charge in [0.2, 0.25) is 0 Å². The van der Waals surface area contributed by atoms with Crippen LogP contribution in [-0.4, -0.2) is 47.7 Å². The molecule has 3 rings (SSSR count). The summed E-state index contributed by atoms with van der Waals surface area (Å²) in [6, 6.07) is 2.38. The lowest BCUT2D eigenvalue weighted by Crippen LogP contribution is -2.46. The molecule has 2 aliphatic rings. The summed E-state index contributed by atoms with van der Waals surface area (Å²) in [4.78, 5) is 14.3. The number of carbonyl (C=O) groups excluding carboxylic acids is 1. The molecule has 0 N–H and O–H groups in total. The molecule has 3 atom stereocenters. The van der Waals surface area contributed by atoms with Gasteiger partial charge in [0.05, 0.1) is 24.9 Å². The van der Waals surface area contributed by atoms with E-state index in [9.17, 15) is 4.79 Å². The molecule has 0 bridgehead atoms. The highest BCUT2D eigenvalue weighted by Gasteiger charge is 2.32. The summed E-state index contributed by atoms with van der Waals surface area (Å²) in [7, 11) is 0. The van der Waals surface area contributed by atoms with E-state index in [4.69, 9.17) is 9.47 Å². The van der Waals surface area contributed by atoms with E-state index in [1.54, 1.807) is 6.20 Å². The minimum absolute atomic E-state index is 0.00542. The van der Waals surface area contributed by atoms with Gasteiger partial charge >= 0.3 is 0 Å². The summed E-state index contributed by atoms with van der Waals surface area (Å²) < 4.78 is 13.0. The van der Waals surface area contributed by atoms with Gasteiger partial charge in [0, 0.05) is 18.7 Å². The number of carbonyl (C=O) groups is 1. The molecule has 0 unspecified atom stereocenters. The highest BCUT2D eigenvalue weighted by Crippen LogP contribution is 2.31. The first-order valence-electron chi connectivity index (χ1n) is 7.71. The molecule has 0 aromatic carbocycles. The molecule has 1 aromatic rings. The highest BCUT2D eigenvalue weighted by molar-refractivity contribution is 5.94. The minimum atomic E-state index is -0.00542. The lowest BCUT2D eigenvalue weighted by atomic mass is 10.1. The lowest BCUT2D eigenvalue weighted by Gasteiger charge is -2.36. The number of anilines is 1. The highest BCUT2D eigenvalue weighted by atomic mass is 16.5. The molecule has 6 heteroatoms. The molecule has 1 fully saturated rings. The van der Waals surface area contributed by atoms with E-state index < -0.39 is 0 Å². The van der Waals surface area contributed by atoms with Gasteiger partial charge < -0.3 is 9.47 Å². The summed E-state index contributed by atoms with van der Waals surface area (Å²) in [5, 5.41) is 4.31. The van der Waals surface area contributed by atoms with E-state index >= 15 is 0 Å². The smallest absolute Gasteiger partial charge is 0.254 e. The van der Waals surface area contributed by atoms with Gasteiger partial charge in [0.15, 0.2) is 0 Å². The molecular formula is C15H23N3O3. The number of rotatable bonds is 4. The van der Waals surface area contributed by atoms with E-state index in [1.807, 2.05) is 15.6 Å². The topological polar surface area (TPSA) is 56.6 Å². The van der Waals surface area contributed by atoms with E-state index in [1.165, 1.54) is 0 Å². The molecule has 1 amide bonds. The summed E-state index contributed by atoms with van der Waals surface area (Å²) in [5.41, 5.74) is 0. The first-order valence-corrected chi connectivity index (χ1v) is 7.71. The molecular weight excluding hydrogens is 270 g/mol. The summed E-state index contributed by atoms with van der Waals surface area (Å²) in [6.45, 7) is 5.61. The van der Waals surface area contributed by atoms with E-state index in [-0.39, 0.29) is 24.7 Å². The molecule has 0 saturated carbocycles. The zero-order valence-corrected chi connectivity index (χ0v) is 12.7. The Morgan fingerprint density at radius 2 is 2.33 bits per heavy atom. The van der Waals surface area contributed by atoms with E-state index in [2.05, 4.69) is 18.9 Å². The second-order valence-corrected chi connectivity index (χ2v) is 5.98. The quantitative estimate of drug-likeness (QED) is 0.849. The Bertz CT molecular complexity index is 496. The molecule has 0 spiro atoms. The Morgan fingerprint density at radius 1 is 1.48 bits per heavy atom. The van der Waals surface area contributed by atoms with Crippen LogP contribution in [-0.2, 0) is 14.3 Å². The number of ether oxygens (including phenoxy) is 2. The van der Waals surface area contributed by atoms with Crippen LogP contribution in [0.4, 0.5) is 5.82 Å². The molecule has 2 aliphatic heterocycles. The second kappa shape index (κ2) is 6.15. The largest absolute Gasteiger partial charge is 0.376 e. The van der Waals surface area contributed by atoms with Crippen LogP contribution in [0.1, 0.15) is 39.2 Å². The van der Waals surface area contributed by atoms with E-state index in [0.29, 0.717) is 12.6 Å². The standard InChI is InChI=1S/C15H23N3O3/c1-11-8-12(2)18-14(5-6-16-18)17(11)15(19)10-20-9-13-4-3-7-21-13/h5-6,11-13H,3-4,7-10H2,1-2H3/t11-,12-,13+/m1/s1. The number of aromatic nitrogens is 2. The summed E-state index contributed by atoms with van der Waals surface area (Å²) >= 11 is 0. The van der Waals surface area contributed by atoms with Gasteiger partial charge in [0.25, 0.3) is 5.91 Å². The molecule has 0 radical (unpaired) electrons. The van der Waals surface area contributed by atoms with Gasteiger partial charge in [-0.2, -0.15) is 5.10 Å². The first-order chi connectivity index (χ1) is 10.2. The van der Waals surface area contributed by atoms with Crippen LogP contribution in [0.3, 0.4) is 0 Å². The van der Waals surface area contributed by atoms with E-state index in [0.717, 1.165) is 31.7 Å². The molecule has 1 aromatic heterocycles. The third-order valence-electron chi connectivity index (χ3n) is 4.26. The Balaban J connectivity index is 1.60. The van der Waals surface area contributed by atoms with Gasteiger partial charge in [-0.15, -0.1) is 0 Å². The Kier molecular flexibility index (Phi) is 4.26. The minimum Gasteiger partial charge on any atom is -0.376 e. The third-order valence-corrected chi connectivity index (χ3v) is 4.26. The number of fused-ring (bicyclic) bond motifs is 1. The van der Waals surface area contributed by atoms with Crippen LogP contribution >= 0.6 is 0 Å². The van der Waals surface area contributed by atoms with Crippen molar-refractivity contribution in [2.45, 2.75) is 51.3 Å². The fourth-order valence-electron chi connectivity index (χ4n) is 3.26. The Morgan fingerprint density at radius 3 is 3.10 bits per heavy atom. The maximum atomic E-state index is 12.5. The number of hydrogen-bond acceptors (Lipinski definition) is 4. The van der Waals surface area contributed by atoms with Crippen LogP contribution in [0.15, 0.2) is 12.3 Å². The normalized spacial score (nSPS) is 28.7. The number of hydrogen-bond donors (Lipinski definition) is 0. The second-order valence-electron chi connectivity index (χ2n) is 5.98. The van der Waals surface area contributed by atoms with Crippen molar-refractivity contribution in [3.63, 3.8) is 0 Å². The molecule has 116 valence electrons. The number of nitrogens with zero attached hydrogens (tertiary/aromatic N) is 3. The fraction of sp³-hybridized carbons (Fsp3) is 0.733. The van der Waals surface area contributed by atoms with Crippen molar-refractivity contribution in [1.29, 1.82) is 0 Å². The zero-order chi connectivity index (χ0) is 14.8. The maximum absolute atomic E-state index is 12.5. The monoisotopic (exact) mass is 293 g/mol. The van der Waals surface area contributed by atoms with Gasteiger partial charge in [-0.1, -0.05) is 0 Å². The summed E-state index contributed by atoms with van der Waals surface area (Å²) in [6.07, 6.45) is 4.92. The molecule has 21 heavy (non-hydrogen) atoms. The average Bonchev–Trinajstić information content (AvgIpc) is 3.09. The van der Waals surface area contributed by atoms with Crippen molar-refractivity contribution in [1.82, 2.24) is 9.78 Å². The first kappa shape index (κ1) is 14.5. The van der Waals surface area contributed by atoms with Gasteiger partial charge in [-0.3, -0.25) is 9.69 Å². The van der Waals surface area contributed by atoms with Crippen molar-refractivity contribution >= 4 is 11.7 Å². The van der Waals surface area contributed by atoms with Gasteiger partial charge in [-0.25, -0.2) is 4.68 Å². The van der Waals surface area contributed by atoms with Crippen LogP contribution in [0.25, 0.3) is 0 Å². The van der Waals surface area contributed by atoms with Crippen LogP contribution in [0.2, 0.25) is 0 Å². The predicted molar refractivity (Wildman–Crippen MR) is 78.3 cm³/mol. The van der Waals surface area contributed by atoms with Crippen molar-refractivity contribution in [3.05, 3.63) is 12.3 Å². The summed E-state index contributed by atoms with van der Waals surface area (Å²) in [5.74, 6) is 0.862. The maximum Gasteiger partial charge on any atom is 0.254 e. The Hall–Kier alpha value is -1.40. The Labute approximate surface area is 125 Å². The van der Waals surface area contributed by atoms with Crippen LogP contribution in [0.5, 0.6) is 0 Å². The molecule has 1 saturated heterocycles. The lowest BCUT2D eigenvalue weighted by molar-refractivity contribution is -0.125. The van der Waals surface area contributed by atoms with Crippen molar-refractivity contribution in [2.24, 2.45) is 0 Å². The average molecular weight is 293 g/mol. The third kappa shape index (κ3) is 2.96. The van der Waals surface area contributed by atoms with Crippen molar-refractivity contribution in [3.8, 4) is 0 Å². The van der Waals surface area contributed by atoms with Crippen molar-refractivity contribution < 1.29 is 14.3 Å². The molecule has 3 heterocycles. The van der Waals surface area contributed by atoms with Crippen LogP contribution in [0, 0.1) is 0 Å². The predicted octanol–water partition coefficient (Wildman–Crippen LogP) is 1.76. The zero-order valence-electron chi connectivity index (χ0n) is 12.7. The van der Waals surface area contributed by atoms with Crippen molar-refractivity contribution in [2.75, 3.05) is 24.7 Å². The van der Waals surface area contributed by atoms with Crippen LogP contribution < -0.4 is 4.90 Å². The molecule has 0 aliphatic carbocycles.